The zero-order valence-corrected chi connectivity index (χ0v) is 11.3. The van der Waals surface area contributed by atoms with E-state index in [4.69, 9.17) is 14.2 Å². The molecule has 2 aliphatic rings. The van der Waals surface area contributed by atoms with Gasteiger partial charge in [0.1, 0.15) is 13.2 Å². The maximum Gasteiger partial charge on any atom is 0.255 e. The molecule has 108 valence electrons. The van der Waals surface area contributed by atoms with Crippen LogP contribution in [0.25, 0.3) is 0 Å². The lowest BCUT2D eigenvalue weighted by Crippen LogP contribution is -2.43. The van der Waals surface area contributed by atoms with Crippen molar-refractivity contribution in [2.24, 2.45) is 0 Å². The highest BCUT2D eigenvalue weighted by atomic mass is 16.6. The second-order valence-corrected chi connectivity index (χ2v) is 4.84. The maximum absolute atomic E-state index is 12.4. The summed E-state index contributed by atoms with van der Waals surface area (Å²) < 4.78 is 16.4. The van der Waals surface area contributed by atoms with E-state index < -0.39 is 0 Å². The number of hydrogen-bond acceptors (Lipinski definition) is 5. The molecule has 0 spiro atoms. The molecule has 3 rings (SSSR count). The number of ether oxygens (including phenoxy) is 3. The van der Waals surface area contributed by atoms with E-state index in [2.05, 4.69) is 10.6 Å². The Morgan fingerprint density at radius 1 is 1.35 bits per heavy atom. The SMILES string of the molecule is CO[C@H]1CNCC1NC(=O)c1cccc2c1OCCO2. The average molecular weight is 278 g/mol. The minimum absolute atomic E-state index is 0.00402. The van der Waals surface area contributed by atoms with Crippen LogP contribution in [0.5, 0.6) is 11.5 Å². The Balaban J connectivity index is 1.77. The van der Waals surface area contributed by atoms with E-state index in [9.17, 15) is 4.79 Å². The van der Waals surface area contributed by atoms with Crippen LogP contribution in [0, 0.1) is 0 Å². The van der Waals surface area contributed by atoms with E-state index in [-0.39, 0.29) is 18.1 Å². The molecular formula is C14H18N2O4. The summed E-state index contributed by atoms with van der Waals surface area (Å²) in [5, 5.41) is 6.18. The van der Waals surface area contributed by atoms with Crippen LogP contribution in [-0.2, 0) is 4.74 Å². The molecule has 0 aromatic heterocycles. The second kappa shape index (κ2) is 5.68. The van der Waals surface area contributed by atoms with Gasteiger partial charge in [0.25, 0.3) is 5.91 Å². The number of amides is 1. The fraction of sp³-hybridized carbons (Fsp3) is 0.500. The van der Waals surface area contributed by atoms with Crippen LogP contribution in [0.1, 0.15) is 10.4 Å². The first-order chi connectivity index (χ1) is 9.79. The van der Waals surface area contributed by atoms with Gasteiger partial charge in [-0.2, -0.15) is 0 Å². The Kier molecular flexibility index (Phi) is 3.75. The molecule has 1 aromatic rings. The van der Waals surface area contributed by atoms with E-state index >= 15 is 0 Å². The lowest BCUT2D eigenvalue weighted by Gasteiger charge is -2.22. The number of fused-ring (bicyclic) bond motifs is 1. The quantitative estimate of drug-likeness (QED) is 0.825. The van der Waals surface area contributed by atoms with Gasteiger partial charge in [-0.25, -0.2) is 0 Å². The van der Waals surface area contributed by atoms with Gasteiger partial charge in [-0.15, -0.1) is 0 Å². The predicted molar refractivity (Wildman–Crippen MR) is 72.4 cm³/mol. The van der Waals surface area contributed by atoms with E-state index in [1.165, 1.54) is 0 Å². The predicted octanol–water partition coefficient (Wildman–Crippen LogP) is 0.174. The number of benzene rings is 1. The van der Waals surface area contributed by atoms with Gasteiger partial charge in [-0.1, -0.05) is 6.07 Å². The lowest BCUT2D eigenvalue weighted by atomic mass is 10.1. The fourth-order valence-electron chi connectivity index (χ4n) is 2.55. The van der Waals surface area contributed by atoms with Gasteiger partial charge < -0.3 is 24.8 Å². The van der Waals surface area contributed by atoms with Gasteiger partial charge in [-0.05, 0) is 12.1 Å². The van der Waals surface area contributed by atoms with Crippen molar-refractivity contribution in [3.05, 3.63) is 23.8 Å². The first-order valence-corrected chi connectivity index (χ1v) is 6.72. The minimum Gasteiger partial charge on any atom is -0.486 e. The van der Waals surface area contributed by atoms with Crippen molar-refractivity contribution >= 4 is 5.91 Å². The van der Waals surface area contributed by atoms with Gasteiger partial charge in [-0.3, -0.25) is 4.79 Å². The molecule has 1 unspecified atom stereocenters. The molecule has 2 aliphatic heterocycles. The van der Waals surface area contributed by atoms with Crippen LogP contribution >= 0.6 is 0 Å². The largest absolute Gasteiger partial charge is 0.486 e. The highest BCUT2D eigenvalue weighted by Crippen LogP contribution is 2.33. The minimum atomic E-state index is -0.164. The molecule has 1 amide bonds. The molecule has 0 bridgehead atoms. The number of hydrogen-bond donors (Lipinski definition) is 2. The molecule has 0 saturated carbocycles. The molecule has 1 fully saturated rings. The molecular weight excluding hydrogens is 260 g/mol. The smallest absolute Gasteiger partial charge is 0.255 e. The Labute approximate surface area is 117 Å². The van der Waals surface area contributed by atoms with E-state index in [0.29, 0.717) is 36.8 Å². The van der Waals surface area contributed by atoms with Crippen molar-refractivity contribution in [1.29, 1.82) is 0 Å². The van der Waals surface area contributed by atoms with Crippen LogP contribution in [0.4, 0.5) is 0 Å². The van der Waals surface area contributed by atoms with Crippen LogP contribution < -0.4 is 20.1 Å². The van der Waals surface area contributed by atoms with Crippen molar-refractivity contribution < 1.29 is 19.0 Å². The summed E-state index contributed by atoms with van der Waals surface area (Å²) in [7, 11) is 1.65. The molecule has 6 heteroatoms. The number of nitrogens with one attached hydrogen (secondary N) is 2. The number of rotatable bonds is 3. The third-order valence-corrected chi connectivity index (χ3v) is 3.59. The summed E-state index contributed by atoms with van der Waals surface area (Å²) >= 11 is 0. The topological polar surface area (TPSA) is 68.8 Å². The molecule has 0 aliphatic carbocycles. The van der Waals surface area contributed by atoms with Gasteiger partial charge in [0, 0.05) is 20.2 Å². The molecule has 1 saturated heterocycles. The zero-order chi connectivity index (χ0) is 13.9. The molecule has 0 radical (unpaired) electrons. The molecule has 20 heavy (non-hydrogen) atoms. The Bertz CT molecular complexity index is 506. The number of carbonyl (C=O) groups excluding carboxylic acids is 1. The van der Waals surface area contributed by atoms with E-state index in [1.54, 1.807) is 25.3 Å². The van der Waals surface area contributed by atoms with Crippen molar-refractivity contribution in [2.45, 2.75) is 12.1 Å². The maximum atomic E-state index is 12.4. The molecule has 6 nitrogen and oxygen atoms in total. The summed E-state index contributed by atoms with van der Waals surface area (Å²) in [6.07, 6.45) is -0.00402. The fourth-order valence-corrected chi connectivity index (χ4v) is 2.55. The van der Waals surface area contributed by atoms with E-state index in [1.807, 2.05) is 0 Å². The normalized spacial score (nSPS) is 24.4. The number of methoxy groups -OCH3 is 1. The van der Waals surface area contributed by atoms with Crippen LogP contribution in [0.2, 0.25) is 0 Å². The zero-order valence-electron chi connectivity index (χ0n) is 11.3. The van der Waals surface area contributed by atoms with Crippen molar-refractivity contribution in [2.75, 3.05) is 33.4 Å². The average Bonchev–Trinajstić information content (AvgIpc) is 2.93. The summed E-state index contributed by atoms with van der Waals surface area (Å²) in [6, 6.07) is 5.31. The summed E-state index contributed by atoms with van der Waals surface area (Å²) in [4.78, 5) is 12.4. The third-order valence-electron chi connectivity index (χ3n) is 3.59. The Morgan fingerprint density at radius 3 is 3.05 bits per heavy atom. The number of para-hydroxylation sites is 1. The molecule has 2 heterocycles. The van der Waals surface area contributed by atoms with Gasteiger partial charge >= 0.3 is 0 Å². The van der Waals surface area contributed by atoms with Gasteiger partial charge in [0.15, 0.2) is 11.5 Å². The second-order valence-electron chi connectivity index (χ2n) is 4.84. The third kappa shape index (κ3) is 2.44. The first kappa shape index (κ1) is 13.2. The highest BCUT2D eigenvalue weighted by Gasteiger charge is 2.30. The number of carbonyl (C=O) groups is 1. The monoisotopic (exact) mass is 278 g/mol. The van der Waals surface area contributed by atoms with Crippen molar-refractivity contribution in [3.63, 3.8) is 0 Å². The van der Waals surface area contributed by atoms with Gasteiger partial charge in [0.2, 0.25) is 0 Å². The summed E-state index contributed by atoms with van der Waals surface area (Å²) in [5.41, 5.74) is 0.504. The Morgan fingerprint density at radius 2 is 2.20 bits per heavy atom. The molecule has 1 aromatic carbocycles. The Hall–Kier alpha value is -1.79. The van der Waals surface area contributed by atoms with Gasteiger partial charge in [0.05, 0.1) is 17.7 Å². The standard InChI is InChI=1S/C14H18N2O4/c1-18-12-8-15-7-10(12)16-14(17)9-3-2-4-11-13(9)20-6-5-19-11/h2-4,10,12,15H,5-8H2,1H3,(H,16,17)/t10?,12-/m0/s1. The van der Waals surface area contributed by atoms with Crippen LogP contribution in [0.3, 0.4) is 0 Å². The van der Waals surface area contributed by atoms with Crippen molar-refractivity contribution in [3.8, 4) is 11.5 Å². The first-order valence-electron chi connectivity index (χ1n) is 6.72. The molecule has 2 atom stereocenters. The van der Waals surface area contributed by atoms with Crippen LogP contribution in [-0.4, -0.2) is 51.5 Å². The lowest BCUT2D eigenvalue weighted by molar-refractivity contribution is 0.0773. The van der Waals surface area contributed by atoms with Crippen molar-refractivity contribution in [1.82, 2.24) is 10.6 Å². The van der Waals surface area contributed by atoms with E-state index in [0.717, 1.165) is 6.54 Å². The highest BCUT2D eigenvalue weighted by molar-refractivity contribution is 5.98. The summed E-state index contributed by atoms with van der Waals surface area (Å²) in [5.74, 6) is 0.982. The van der Waals surface area contributed by atoms with Crippen LogP contribution in [0.15, 0.2) is 18.2 Å². The molecule has 2 N–H and O–H groups in total. The summed E-state index contributed by atoms with van der Waals surface area (Å²) in [6.45, 7) is 2.42.